The van der Waals surface area contributed by atoms with Gasteiger partial charge in [-0.1, -0.05) is 0 Å². The average Bonchev–Trinajstić information content (AvgIpc) is 2.29. The zero-order chi connectivity index (χ0) is 13.5. The standard InChI is InChI=1S/C13H19N3O2.ClH/c1-9(2)15-13(18)10-4-6-11(7-5-10)16-12(17)8-14-3;/h4-7,9,14H,8H2,1-3H3,(H,15,18)(H,16,17);1H. The molecule has 0 radical (unpaired) electrons. The van der Waals surface area contributed by atoms with Crippen LogP contribution in [0.4, 0.5) is 5.69 Å². The molecule has 1 aromatic rings. The van der Waals surface area contributed by atoms with Crippen molar-refractivity contribution in [2.75, 3.05) is 18.9 Å². The van der Waals surface area contributed by atoms with E-state index in [4.69, 9.17) is 0 Å². The Hall–Kier alpha value is -1.59. The number of carbonyl (C=O) groups is 2. The van der Waals surface area contributed by atoms with E-state index in [1.165, 1.54) is 0 Å². The second-order valence-electron chi connectivity index (χ2n) is 4.28. The highest BCUT2D eigenvalue weighted by Gasteiger charge is 2.07. The summed E-state index contributed by atoms with van der Waals surface area (Å²) < 4.78 is 0. The van der Waals surface area contributed by atoms with Crippen LogP contribution in [0.5, 0.6) is 0 Å². The van der Waals surface area contributed by atoms with Crippen molar-refractivity contribution in [3.05, 3.63) is 29.8 Å². The molecule has 0 saturated heterocycles. The SMILES string of the molecule is CNCC(=O)Nc1ccc(C(=O)NC(C)C)cc1.Cl. The number of benzene rings is 1. The van der Waals surface area contributed by atoms with Gasteiger partial charge < -0.3 is 16.0 Å². The first-order chi connectivity index (χ1) is 8.52. The van der Waals surface area contributed by atoms with E-state index in [1.807, 2.05) is 13.8 Å². The average molecular weight is 286 g/mol. The molecule has 106 valence electrons. The third-order valence-corrected chi connectivity index (χ3v) is 2.19. The van der Waals surface area contributed by atoms with E-state index in [-0.39, 0.29) is 36.8 Å². The van der Waals surface area contributed by atoms with Gasteiger partial charge in [0.25, 0.3) is 5.91 Å². The molecule has 1 aromatic carbocycles. The van der Waals surface area contributed by atoms with Gasteiger partial charge in [0.2, 0.25) is 5.91 Å². The van der Waals surface area contributed by atoms with Crippen LogP contribution in [0, 0.1) is 0 Å². The molecule has 0 aliphatic rings. The van der Waals surface area contributed by atoms with Crippen molar-refractivity contribution in [2.24, 2.45) is 0 Å². The van der Waals surface area contributed by atoms with Gasteiger partial charge in [0.1, 0.15) is 0 Å². The predicted octanol–water partition coefficient (Wildman–Crippen LogP) is 1.40. The first-order valence-electron chi connectivity index (χ1n) is 5.88. The van der Waals surface area contributed by atoms with Crippen molar-refractivity contribution < 1.29 is 9.59 Å². The summed E-state index contributed by atoms with van der Waals surface area (Å²) in [5, 5.41) is 8.28. The summed E-state index contributed by atoms with van der Waals surface area (Å²) in [6, 6.07) is 6.90. The summed E-state index contributed by atoms with van der Waals surface area (Å²) in [4.78, 5) is 23.0. The van der Waals surface area contributed by atoms with Crippen molar-refractivity contribution in [1.29, 1.82) is 0 Å². The highest BCUT2D eigenvalue weighted by atomic mass is 35.5. The van der Waals surface area contributed by atoms with Crippen LogP contribution in [0.3, 0.4) is 0 Å². The third kappa shape index (κ3) is 6.22. The number of amides is 2. The normalized spacial score (nSPS) is 9.68. The second kappa shape index (κ2) is 8.50. The molecule has 1 rings (SSSR count). The Bertz CT molecular complexity index is 418. The highest BCUT2D eigenvalue weighted by Crippen LogP contribution is 2.09. The molecule has 0 unspecified atom stereocenters. The van der Waals surface area contributed by atoms with Crippen LogP contribution in [0.25, 0.3) is 0 Å². The van der Waals surface area contributed by atoms with Crippen LogP contribution >= 0.6 is 12.4 Å². The molecule has 5 nitrogen and oxygen atoms in total. The van der Waals surface area contributed by atoms with Crippen LogP contribution in [-0.2, 0) is 4.79 Å². The van der Waals surface area contributed by atoms with E-state index in [0.717, 1.165) is 0 Å². The Kier molecular flexibility index (Phi) is 7.79. The van der Waals surface area contributed by atoms with E-state index in [2.05, 4.69) is 16.0 Å². The lowest BCUT2D eigenvalue weighted by molar-refractivity contribution is -0.115. The molecule has 2 amide bonds. The Morgan fingerprint density at radius 2 is 1.74 bits per heavy atom. The fourth-order valence-electron chi connectivity index (χ4n) is 1.42. The van der Waals surface area contributed by atoms with Gasteiger partial charge in [0, 0.05) is 17.3 Å². The number of carbonyl (C=O) groups excluding carboxylic acids is 2. The van der Waals surface area contributed by atoms with Gasteiger partial charge in [0.15, 0.2) is 0 Å². The monoisotopic (exact) mass is 285 g/mol. The Morgan fingerprint density at radius 3 is 2.21 bits per heavy atom. The summed E-state index contributed by atoms with van der Waals surface area (Å²) in [6.07, 6.45) is 0. The summed E-state index contributed by atoms with van der Waals surface area (Å²) >= 11 is 0. The fraction of sp³-hybridized carbons (Fsp3) is 0.385. The van der Waals surface area contributed by atoms with E-state index in [9.17, 15) is 9.59 Å². The van der Waals surface area contributed by atoms with Gasteiger partial charge >= 0.3 is 0 Å². The minimum atomic E-state index is -0.114. The molecule has 0 saturated carbocycles. The van der Waals surface area contributed by atoms with Crippen LogP contribution in [-0.4, -0.2) is 31.4 Å². The van der Waals surface area contributed by atoms with Crippen molar-refractivity contribution in [2.45, 2.75) is 19.9 Å². The number of hydrogen-bond acceptors (Lipinski definition) is 3. The minimum absolute atomic E-state index is 0. The quantitative estimate of drug-likeness (QED) is 0.766. The lowest BCUT2D eigenvalue weighted by Crippen LogP contribution is -2.30. The van der Waals surface area contributed by atoms with E-state index in [0.29, 0.717) is 11.3 Å². The van der Waals surface area contributed by atoms with E-state index < -0.39 is 0 Å². The predicted molar refractivity (Wildman–Crippen MR) is 78.8 cm³/mol. The zero-order valence-corrected chi connectivity index (χ0v) is 12.1. The van der Waals surface area contributed by atoms with Crippen LogP contribution in [0.15, 0.2) is 24.3 Å². The number of rotatable bonds is 5. The van der Waals surface area contributed by atoms with Crippen molar-refractivity contribution in [1.82, 2.24) is 10.6 Å². The first-order valence-corrected chi connectivity index (χ1v) is 5.88. The van der Waals surface area contributed by atoms with Gasteiger partial charge in [-0.25, -0.2) is 0 Å². The topological polar surface area (TPSA) is 70.2 Å². The molecule has 0 spiro atoms. The van der Waals surface area contributed by atoms with Crippen molar-refractivity contribution in [3.63, 3.8) is 0 Å². The molecule has 0 heterocycles. The summed E-state index contributed by atoms with van der Waals surface area (Å²) in [5.74, 6) is -0.227. The zero-order valence-electron chi connectivity index (χ0n) is 11.3. The van der Waals surface area contributed by atoms with Crippen LogP contribution < -0.4 is 16.0 Å². The maximum Gasteiger partial charge on any atom is 0.251 e. The molecule has 0 aliphatic heterocycles. The number of nitrogens with one attached hydrogen (secondary N) is 3. The molecule has 0 aliphatic carbocycles. The highest BCUT2D eigenvalue weighted by molar-refractivity contribution is 5.96. The van der Waals surface area contributed by atoms with Crippen molar-refractivity contribution >= 4 is 29.9 Å². The molecule has 3 N–H and O–H groups in total. The molecule has 0 bridgehead atoms. The smallest absolute Gasteiger partial charge is 0.251 e. The third-order valence-electron chi connectivity index (χ3n) is 2.19. The molecule has 19 heavy (non-hydrogen) atoms. The maximum absolute atomic E-state index is 11.7. The Labute approximate surface area is 119 Å². The maximum atomic E-state index is 11.7. The lowest BCUT2D eigenvalue weighted by atomic mass is 10.2. The summed E-state index contributed by atoms with van der Waals surface area (Å²) in [6.45, 7) is 4.07. The van der Waals surface area contributed by atoms with E-state index in [1.54, 1.807) is 31.3 Å². The molecule has 0 aromatic heterocycles. The Morgan fingerprint density at radius 1 is 1.16 bits per heavy atom. The lowest BCUT2D eigenvalue weighted by Gasteiger charge is -2.09. The van der Waals surface area contributed by atoms with Crippen molar-refractivity contribution in [3.8, 4) is 0 Å². The number of likely N-dealkylation sites (N-methyl/N-ethyl adjacent to an activating group) is 1. The Balaban J connectivity index is 0.00000324. The number of anilines is 1. The van der Waals surface area contributed by atoms with Gasteiger partial charge in [0.05, 0.1) is 6.54 Å². The molecule has 6 heteroatoms. The number of halogens is 1. The van der Waals surface area contributed by atoms with Crippen LogP contribution in [0.1, 0.15) is 24.2 Å². The van der Waals surface area contributed by atoms with Gasteiger partial charge in [-0.2, -0.15) is 0 Å². The van der Waals surface area contributed by atoms with Gasteiger partial charge in [-0.05, 0) is 45.2 Å². The van der Waals surface area contributed by atoms with Gasteiger partial charge in [-0.3, -0.25) is 9.59 Å². The van der Waals surface area contributed by atoms with Gasteiger partial charge in [-0.15, -0.1) is 12.4 Å². The summed E-state index contributed by atoms with van der Waals surface area (Å²) in [7, 11) is 1.71. The first kappa shape index (κ1) is 17.4. The van der Waals surface area contributed by atoms with E-state index >= 15 is 0 Å². The molecule has 0 fully saturated rings. The number of hydrogen-bond donors (Lipinski definition) is 3. The second-order valence-corrected chi connectivity index (χ2v) is 4.28. The van der Waals surface area contributed by atoms with Crippen LogP contribution in [0.2, 0.25) is 0 Å². The molecule has 0 atom stereocenters. The minimum Gasteiger partial charge on any atom is -0.350 e. The molecular weight excluding hydrogens is 266 g/mol. The molecular formula is C13H20ClN3O2. The fourth-order valence-corrected chi connectivity index (χ4v) is 1.42. The largest absolute Gasteiger partial charge is 0.350 e. The summed E-state index contributed by atoms with van der Waals surface area (Å²) in [5.41, 5.74) is 1.26.